The Bertz CT molecular complexity index is 568. The first-order valence-corrected chi connectivity index (χ1v) is 6.64. The van der Waals surface area contributed by atoms with Gasteiger partial charge in [-0.25, -0.2) is 4.79 Å². The number of aliphatic carboxylic acids is 1. The normalized spacial score (nSPS) is 13.6. The number of hydrogen-bond acceptors (Lipinski definition) is 2. The van der Waals surface area contributed by atoms with Gasteiger partial charge < -0.3 is 10.4 Å². The molecular formula is C15H14BrNO2. The lowest BCUT2D eigenvalue weighted by Crippen LogP contribution is -2.40. The smallest absolute Gasteiger partial charge is 0.333 e. The summed E-state index contributed by atoms with van der Waals surface area (Å²) in [7, 11) is 0. The molecule has 0 aromatic heterocycles. The van der Waals surface area contributed by atoms with Gasteiger partial charge >= 0.3 is 5.97 Å². The van der Waals surface area contributed by atoms with E-state index in [0.29, 0.717) is 5.56 Å². The molecule has 2 N–H and O–H groups in total. The van der Waals surface area contributed by atoms with Gasteiger partial charge in [0.05, 0.1) is 0 Å². The van der Waals surface area contributed by atoms with Gasteiger partial charge in [0.15, 0.2) is 5.54 Å². The van der Waals surface area contributed by atoms with E-state index in [-0.39, 0.29) is 0 Å². The van der Waals surface area contributed by atoms with Crippen LogP contribution < -0.4 is 5.32 Å². The zero-order valence-corrected chi connectivity index (χ0v) is 12.0. The van der Waals surface area contributed by atoms with Gasteiger partial charge in [-0.15, -0.1) is 0 Å². The van der Waals surface area contributed by atoms with Crippen molar-refractivity contribution in [2.45, 2.75) is 12.5 Å². The number of para-hydroxylation sites is 1. The Kier molecular flexibility index (Phi) is 3.90. The lowest BCUT2D eigenvalue weighted by Gasteiger charge is -2.28. The minimum Gasteiger partial charge on any atom is -0.479 e. The third-order valence-corrected chi connectivity index (χ3v) is 3.55. The average Bonchev–Trinajstić information content (AvgIpc) is 2.40. The summed E-state index contributed by atoms with van der Waals surface area (Å²) in [5.74, 6) is -0.918. The summed E-state index contributed by atoms with van der Waals surface area (Å²) >= 11 is 3.35. The van der Waals surface area contributed by atoms with E-state index in [0.717, 1.165) is 10.2 Å². The molecule has 19 heavy (non-hydrogen) atoms. The van der Waals surface area contributed by atoms with Crippen LogP contribution in [-0.2, 0) is 10.3 Å². The van der Waals surface area contributed by atoms with Crippen LogP contribution >= 0.6 is 15.9 Å². The largest absolute Gasteiger partial charge is 0.479 e. The number of carboxylic acid groups (broad SMARTS) is 1. The Labute approximate surface area is 120 Å². The van der Waals surface area contributed by atoms with Crippen LogP contribution in [0.4, 0.5) is 5.69 Å². The number of carboxylic acids is 1. The third-order valence-electron chi connectivity index (χ3n) is 3.02. The van der Waals surface area contributed by atoms with Gasteiger partial charge in [-0.05, 0) is 36.8 Å². The highest BCUT2D eigenvalue weighted by Crippen LogP contribution is 2.27. The second kappa shape index (κ2) is 5.45. The SMILES string of the molecule is CC(Nc1ccccc1)(C(=O)O)c1ccc(Br)cc1. The maximum absolute atomic E-state index is 11.6. The standard InChI is InChI=1S/C15H14BrNO2/c1-15(14(18)19,11-7-9-12(16)10-8-11)17-13-5-3-2-4-6-13/h2-10,17H,1H3,(H,18,19). The van der Waals surface area contributed by atoms with Crippen LogP contribution in [0.15, 0.2) is 59.1 Å². The molecule has 2 aromatic rings. The number of benzene rings is 2. The number of carbonyl (C=O) groups is 1. The van der Waals surface area contributed by atoms with E-state index in [2.05, 4.69) is 21.2 Å². The number of anilines is 1. The highest BCUT2D eigenvalue weighted by Gasteiger charge is 2.35. The highest BCUT2D eigenvalue weighted by atomic mass is 79.9. The third kappa shape index (κ3) is 2.96. The lowest BCUT2D eigenvalue weighted by atomic mass is 9.91. The van der Waals surface area contributed by atoms with Gasteiger partial charge in [-0.1, -0.05) is 46.3 Å². The highest BCUT2D eigenvalue weighted by molar-refractivity contribution is 9.10. The Morgan fingerprint density at radius 3 is 2.21 bits per heavy atom. The van der Waals surface area contributed by atoms with E-state index in [9.17, 15) is 9.90 Å². The molecule has 0 fully saturated rings. The zero-order valence-electron chi connectivity index (χ0n) is 10.4. The van der Waals surface area contributed by atoms with Gasteiger partial charge in [-0.2, -0.15) is 0 Å². The van der Waals surface area contributed by atoms with Crippen LogP contribution in [0.2, 0.25) is 0 Å². The first kappa shape index (κ1) is 13.6. The molecule has 0 aliphatic carbocycles. The monoisotopic (exact) mass is 319 g/mol. The number of nitrogens with one attached hydrogen (secondary N) is 1. The van der Waals surface area contributed by atoms with Crippen molar-refractivity contribution in [2.24, 2.45) is 0 Å². The van der Waals surface area contributed by atoms with Crippen LogP contribution in [0.5, 0.6) is 0 Å². The molecule has 0 spiro atoms. The van der Waals surface area contributed by atoms with Gasteiger partial charge in [0.1, 0.15) is 0 Å². The molecule has 1 unspecified atom stereocenters. The Balaban J connectivity index is 2.38. The maximum Gasteiger partial charge on any atom is 0.333 e. The minimum absolute atomic E-state index is 0.701. The molecule has 0 heterocycles. The van der Waals surface area contributed by atoms with E-state index in [1.165, 1.54) is 0 Å². The van der Waals surface area contributed by atoms with Gasteiger partial charge in [0.2, 0.25) is 0 Å². The molecular weight excluding hydrogens is 306 g/mol. The molecule has 2 rings (SSSR count). The Hall–Kier alpha value is -1.81. The van der Waals surface area contributed by atoms with Gasteiger partial charge in [0, 0.05) is 10.2 Å². The lowest BCUT2D eigenvalue weighted by molar-refractivity contribution is -0.142. The van der Waals surface area contributed by atoms with Crippen molar-refractivity contribution >= 4 is 27.6 Å². The molecule has 0 bridgehead atoms. The zero-order chi connectivity index (χ0) is 13.9. The van der Waals surface area contributed by atoms with E-state index in [1.807, 2.05) is 42.5 Å². The number of rotatable bonds is 4. The van der Waals surface area contributed by atoms with E-state index in [4.69, 9.17) is 0 Å². The van der Waals surface area contributed by atoms with E-state index >= 15 is 0 Å². The quantitative estimate of drug-likeness (QED) is 0.899. The van der Waals surface area contributed by atoms with E-state index < -0.39 is 11.5 Å². The second-order valence-electron chi connectivity index (χ2n) is 4.43. The molecule has 3 nitrogen and oxygen atoms in total. The predicted octanol–water partition coefficient (Wildman–Crippen LogP) is 3.86. The van der Waals surface area contributed by atoms with Crippen molar-refractivity contribution in [3.63, 3.8) is 0 Å². The average molecular weight is 320 g/mol. The summed E-state index contributed by atoms with van der Waals surface area (Å²) in [6, 6.07) is 16.6. The first-order valence-electron chi connectivity index (χ1n) is 5.85. The van der Waals surface area contributed by atoms with Crippen molar-refractivity contribution in [3.05, 3.63) is 64.6 Å². The molecule has 0 saturated heterocycles. The van der Waals surface area contributed by atoms with Crippen molar-refractivity contribution < 1.29 is 9.90 Å². The van der Waals surface area contributed by atoms with Crippen molar-refractivity contribution in [1.82, 2.24) is 0 Å². The first-order chi connectivity index (χ1) is 9.02. The van der Waals surface area contributed by atoms with Crippen LogP contribution in [-0.4, -0.2) is 11.1 Å². The van der Waals surface area contributed by atoms with Crippen molar-refractivity contribution in [3.8, 4) is 0 Å². The molecule has 1 atom stereocenters. The van der Waals surface area contributed by atoms with Crippen molar-refractivity contribution in [1.29, 1.82) is 0 Å². The van der Waals surface area contributed by atoms with Crippen LogP contribution in [0.3, 0.4) is 0 Å². The van der Waals surface area contributed by atoms with Gasteiger partial charge in [-0.3, -0.25) is 0 Å². The molecule has 0 aliphatic heterocycles. The molecule has 2 aromatic carbocycles. The van der Waals surface area contributed by atoms with Gasteiger partial charge in [0.25, 0.3) is 0 Å². The summed E-state index contributed by atoms with van der Waals surface area (Å²) in [6.45, 7) is 1.66. The fourth-order valence-corrected chi connectivity index (χ4v) is 2.11. The predicted molar refractivity (Wildman–Crippen MR) is 79.2 cm³/mol. The Morgan fingerprint density at radius 1 is 1.11 bits per heavy atom. The molecule has 0 aliphatic rings. The summed E-state index contributed by atoms with van der Waals surface area (Å²) in [4.78, 5) is 11.6. The summed E-state index contributed by atoms with van der Waals surface area (Å²) in [5, 5.41) is 12.6. The Morgan fingerprint density at radius 2 is 1.68 bits per heavy atom. The summed E-state index contributed by atoms with van der Waals surface area (Å²) < 4.78 is 0.920. The minimum atomic E-state index is -1.16. The van der Waals surface area contributed by atoms with Crippen LogP contribution in [0, 0.1) is 0 Å². The molecule has 0 amide bonds. The summed E-state index contributed by atoms with van der Waals surface area (Å²) in [5.41, 5.74) is 0.310. The number of hydrogen-bond donors (Lipinski definition) is 2. The van der Waals surface area contributed by atoms with Crippen molar-refractivity contribution in [2.75, 3.05) is 5.32 Å². The van der Waals surface area contributed by atoms with E-state index in [1.54, 1.807) is 19.1 Å². The maximum atomic E-state index is 11.6. The second-order valence-corrected chi connectivity index (χ2v) is 5.34. The molecule has 4 heteroatoms. The summed E-state index contributed by atoms with van der Waals surface area (Å²) in [6.07, 6.45) is 0. The topological polar surface area (TPSA) is 49.3 Å². The fourth-order valence-electron chi connectivity index (χ4n) is 1.84. The number of halogens is 1. The molecule has 0 radical (unpaired) electrons. The van der Waals surface area contributed by atoms with Crippen LogP contribution in [0.1, 0.15) is 12.5 Å². The fraction of sp³-hybridized carbons (Fsp3) is 0.133. The molecule has 98 valence electrons. The molecule has 0 saturated carbocycles. The van der Waals surface area contributed by atoms with Crippen LogP contribution in [0.25, 0.3) is 0 Å².